The lowest BCUT2D eigenvalue weighted by Gasteiger charge is -2.44. The van der Waals surface area contributed by atoms with Crippen molar-refractivity contribution >= 4 is 17.7 Å². The molecule has 168 valence electrons. The SMILES string of the molecule is CCOC(=O)CCCCCOC(=O)N1c2ccc(C(F)(F)F)cc2CCC1(N)CC. The Morgan fingerprint density at radius 1 is 1.17 bits per heavy atom. The summed E-state index contributed by atoms with van der Waals surface area (Å²) < 4.78 is 49.3. The molecule has 0 saturated carbocycles. The zero-order valence-electron chi connectivity index (χ0n) is 17.4. The zero-order chi connectivity index (χ0) is 22.4. The van der Waals surface area contributed by atoms with Crippen molar-refractivity contribution in [1.29, 1.82) is 0 Å². The summed E-state index contributed by atoms with van der Waals surface area (Å²) >= 11 is 0. The number of alkyl halides is 3. The van der Waals surface area contributed by atoms with Crippen LogP contribution >= 0.6 is 0 Å². The number of hydrogen-bond donors (Lipinski definition) is 1. The topological polar surface area (TPSA) is 81.9 Å². The molecular formula is C21H29F3N2O4. The van der Waals surface area contributed by atoms with Crippen LogP contribution in [-0.2, 0) is 26.9 Å². The van der Waals surface area contributed by atoms with Gasteiger partial charge in [-0.15, -0.1) is 0 Å². The molecule has 1 aromatic carbocycles. The van der Waals surface area contributed by atoms with Crippen molar-refractivity contribution in [1.82, 2.24) is 0 Å². The minimum atomic E-state index is -4.45. The number of carbonyl (C=O) groups excluding carboxylic acids is 2. The molecule has 0 bridgehead atoms. The highest BCUT2D eigenvalue weighted by Crippen LogP contribution is 2.40. The van der Waals surface area contributed by atoms with E-state index in [2.05, 4.69) is 0 Å². The Hall–Kier alpha value is -2.29. The number of hydrogen-bond acceptors (Lipinski definition) is 5. The maximum Gasteiger partial charge on any atom is 0.416 e. The first kappa shape index (κ1) is 24.0. The van der Waals surface area contributed by atoms with Gasteiger partial charge in [0.05, 0.1) is 30.1 Å². The Morgan fingerprint density at radius 2 is 1.90 bits per heavy atom. The van der Waals surface area contributed by atoms with Gasteiger partial charge in [0.2, 0.25) is 0 Å². The van der Waals surface area contributed by atoms with Gasteiger partial charge in [0, 0.05) is 6.42 Å². The summed E-state index contributed by atoms with van der Waals surface area (Å²) in [5.74, 6) is -0.256. The second-order valence-electron chi connectivity index (χ2n) is 7.36. The van der Waals surface area contributed by atoms with E-state index in [9.17, 15) is 22.8 Å². The molecule has 1 aliphatic rings. The second-order valence-corrected chi connectivity index (χ2v) is 7.36. The van der Waals surface area contributed by atoms with Crippen LogP contribution < -0.4 is 10.6 Å². The fourth-order valence-corrected chi connectivity index (χ4v) is 3.50. The van der Waals surface area contributed by atoms with Crippen LogP contribution in [0.15, 0.2) is 18.2 Å². The van der Waals surface area contributed by atoms with E-state index in [4.69, 9.17) is 15.2 Å². The molecule has 0 saturated heterocycles. The molecule has 0 aliphatic carbocycles. The number of benzene rings is 1. The fraction of sp³-hybridized carbons (Fsp3) is 0.619. The van der Waals surface area contributed by atoms with Gasteiger partial charge in [-0.25, -0.2) is 4.79 Å². The van der Waals surface area contributed by atoms with Crippen molar-refractivity contribution in [2.24, 2.45) is 5.73 Å². The van der Waals surface area contributed by atoms with Crippen LogP contribution in [0.25, 0.3) is 0 Å². The number of unbranched alkanes of at least 4 members (excludes halogenated alkanes) is 2. The number of fused-ring (bicyclic) bond motifs is 1. The summed E-state index contributed by atoms with van der Waals surface area (Å²) in [6, 6.07) is 3.31. The van der Waals surface area contributed by atoms with Crippen molar-refractivity contribution < 1.29 is 32.2 Å². The Morgan fingerprint density at radius 3 is 2.53 bits per heavy atom. The average molecular weight is 430 g/mol. The van der Waals surface area contributed by atoms with Crippen LogP contribution in [0.4, 0.5) is 23.7 Å². The summed E-state index contributed by atoms with van der Waals surface area (Å²) in [5.41, 5.74) is 5.41. The van der Waals surface area contributed by atoms with Gasteiger partial charge in [0.1, 0.15) is 0 Å². The van der Waals surface area contributed by atoms with Crippen molar-refractivity contribution in [2.45, 2.75) is 70.6 Å². The Balaban J connectivity index is 2.01. The molecule has 0 spiro atoms. The summed E-state index contributed by atoms with van der Waals surface area (Å²) in [6.07, 6.45) is -1.84. The van der Waals surface area contributed by atoms with E-state index >= 15 is 0 Å². The molecule has 0 radical (unpaired) electrons. The normalized spacial score (nSPS) is 18.7. The molecular weight excluding hydrogens is 401 g/mol. The first-order valence-electron chi connectivity index (χ1n) is 10.2. The van der Waals surface area contributed by atoms with Gasteiger partial charge in [-0.2, -0.15) is 13.2 Å². The molecule has 0 fully saturated rings. The Bertz CT molecular complexity index is 754. The Labute approximate surface area is 174 Å². The number of amides is 1. The molecule has 1 amide bonds. The summed E-state index contributed by atoms with van der Waals surface area (Å²) in [4.78, 5) is 25.4. The van der Waals surface area contributed by atoms with E-state index in [1.54, 1.807) is 6.92 Å². The molecule has 30 heavy (non-hydrogen) atoms. The van der Waals surface area contributed by atoms with Gasteiger partial charge in [-0.05, 0) is 69.2 Å². The van der Waals surface area contributed by atoms with Gasteiger partial charge in [0.25, 0.3) is 0 Å². The van der Waals surface area contributed by atoms with Gasteiger partial charge in [0.15, 0.2) is 0 Å². The molecule has 1 atom stereocenters. The standard InChI is InChI=1S/C21H29F3N2O4/c1-3-20(25)12-11-15-14-16(21(22,23)24)9-10-17(15)26(20)19(28)30-13-7-5-6-8-18(27)29-4-2/h9-10,14H,3-8,11-13,25H2,1-2H3. The highest BCUT2D eigenvalue weighted by atomic mass is 19.4. The monoisotopic (exact) mass is 430 g/mol. The smallest absolute Gasteiger partial charge is 0.416 e. The lowest BCUT2D eigenvalue weighted by molar-refractivity contribution is -0.143. The number of nitrogens with two attached hydrogens (primary N) is 1. The molecule has 1 aliphatic heterocycles. The number of anilines is 1. The van der Waals surface area contributed by atoms with Crippen LogP contribution in [0.3, 0.4) is 0 Å². The fourth-order valence-electron chi connectivity index (χ4n) is 3.50. The second kappa shape index (κ2) is 10.1. The third-order valence-corrected chi connectivity index (χ3v) is 5.27. The van der Waals surface area contributed by atoms with Crippen LogP contribution in [0, 0.1) is 0 Å². The lowest BCUT2D eigenvalue weighted by atomic mass is 9.89. The van der Waals surface area contributed by atoms with Crippen LogP contribution in [0.5, 0.6) is 0 Å². The molecule has 9 heteroatoms. The molecule has 0 aromatic heterocycles. The number of nitrogens with zero attached hydrogens (tertiary/aromatic N) is 1. The summed E-state index contributed by atoms with van der Waals surface area (Å²) in [7, 11) is 0. The predicted octanol–water partition coefficient (Wildman–Crippen LogP) is 4.78. The van der Waals surface area contributed by atoms with E-state index in [1.165, 1.54) is 11.0 Å². The molecule has 6 nitrogen and oxygen atoms in total. The van der Waals surface area contributed by atoms with E-state index in [1.807, 2.05) is 6.92 Å². The highest BCUT2D eigenvalue weighted by molar-refractivity contribution is 5.91. The van der Waals surface area contributed by atoms with E-state index in [0.29, 0.717) is 62.8 Å². The maximum absolute atomic E-state index is 13.0. The van der Waals surface area contributed by atoms with Crippen molar-refractivity contribution in [3.8, 4) is 0 Å². The molecule has 1 heterocycles. The van der Waals surface area contributed by atoms with Gasteiger partial charge in [-0.3, -0.25) is 9.69 Å². The largest absolute Gasteiger partial charge is 0.466 e. The molecule has 2 N–H and O–H groups in total. The Kier molecular flexibility index (Phi) is 8.11. The minimum absolute atomic E-state index is 0.133. The van der Waals surface area contributed by atoms with Crippen molar-refractivity contribution in [2.75, 3.05) is 18.1 Å². The van der Waals surface area contributed by atoms with Crippen molar-refractivity contribution in [3.05, 3.63) is 29.3 Å². The average Bonchev–Trinajstić information content (AvgIpc) is 2.69. The number of aryl methyl sites for hydroxylation is 1. The predicted molar refractivity (Wildman–Crippen MR) is 106 cm³/mol. The van der Waals surface area contributed by atoms with E-state index < -0.39 is 23.5 Å². The maximum atomic E-state index is 13.0. The quantitative estimate of drug-likeness (QED) is 0.474. The van der Waals surface area contributed by atoms with Crippen molar-refractivity contribution in [3.63, 3.8) is 0 Å². The number of halogens is 3. The van der Waals surface area contributed by atoms with Gasteiger partial charge < -0.3 is 15.2 Å². The molecule has 1 aromatic rings. The summed E-state index contributed by atoms with van der Waals surface area (Å²) in [6.45, 7) is 4.04. The highest BCUT2D eigenvalue weighted by Gasteiger charge is 2.42. The van der Waals surface area contributed by atoms with E-state index in [0.717, 1.165) is 12.1 Å². The van der Waals surface area contributed by atoms with Gasteiger partial charge >= 0.3 is 18.2 Å². The number of rotatable bonds is 8. The first-order chi connectivity index (χ1) is 14.1. The number of carbonyl (C=O) groups is 2. The third-order valence-electron chi connectivity index (χ3n) is 5.27. The van der Waals surface area contributed by atoms with Gasteiger partial charge in [-0.1, -0.05) is 6.92 Å². The number of esters is 1. The lowest BCUT2D eigenvalue weighted by Crippen LogP contribution is -2.61. The van der Waals surface area contributed by atoms with Crippen LogP contribution in [0.2, 0.25) is 0 Å². The third kappa shape index (κ3) is 5.87. The molecule has 2 rings (SSSR count). The summed E-state index contributed by atoms with van der Waals surface area (Å²) in [5, 5.41) is 0. The number of ether oxygens (including phenoxy) is 2. The van der Waals surface area contributed by atoms with Crippen LogP contribution in [-0.4, -0.2) is 30.9 Å². The first-order valence-corrected chi connectivity index (χ1v) is 10.2. The zero-order valence-corrected chi connectivity index (χ0v) is 17.4. The van der Waals surface area contributed by atoms with E-state index in [-0.39, 0.29) is 12.6 Å². The molecule has 1 unspecified atom stereocenters. The minimum Gasteiger partial charge on any atom is -0.466 e. The van der Waals surface area contributed by atoms with Crippen LogP contribution in [0.1, 0.15) is 63.5 Å².